The van der Waals surface area contributed by atoms with E-state index in [-0.39, 0.29) is 0 Å². The molecule has 0 unspecified atom stereocenters. The molecule has 11 aromatic rings. The third-order valence-electron chi connectivity index (χ3n) is 22.3. The molecule has 1 aromatic heterocycles. The third-order valence-corrected chi connectivity index (χ3v) is 22.3. The van der Waals surface area contributed by atoms with Crippen LogP contribution in [0.25, 0.3) is 109 Å². The van der Waals surface area contributed by atoms with Gasteiger partial charge in [0, 0.05) is 11.0 Å². The zero-order valence-electron chi connectivity index (χ0n) is 53.2. The van der Waals surface area contributed by atoms with E-state index in [9.17, 15) is 0 Å². The zero-order chi connectivity index (χ0) is 57.8. The van der Waals surface area contributed by atoms with Crippen molar-refractivity contribution < 1.29 is 4.42 Å². The molecule has 11 rings (SSSR count). The molecule has 0 aliphatic heterocycles. The first-order valence-electron chi connectivity index (χ1n) is 29.3. The number of terminal acetylenes is 1. The van der Waals surface area contributed by atoms with Crippen molar-refractivity contribution in [2.45, 2.75) is 6.32 Å². The van der Waals surface area contributed by atoms with Crippen LogP contribution in [-0.2, 0) is 6.32 Å². The third kappa shape index (κ3) is 6.87. The normalized spacial score (nSPS) is 12.4. The average molecular weight is 978 g/mol. The molecule has 0 N–H and O–H groups in total. The smallest absolute Gasteiger partial charge is 0.145 e. The maximum absolute atomic E-state index is 7.27. The van der Waals surface area contributed by atoms with Crippen molar-refractivity contribution in [2.75, 3.05) is 0 Å². The molecule has 10 aromatic carbocycles. The van der Waals surface area contributed by atoms with Gasteiger partial charge in [-0.3, -0.25) is 0 Å². The molecule has 28 heteroatoms. The van der Waals surface area contributed by atoms with Gasteiger partial charge in [0.1, 0.15) is 223 Å². The van der Waals surface area contributed by atoms with Crippen LogP contribution < -0.4 is 137 Å². The van der Waals surface area contributed by atoms with Gasteiger partial charge in [0.05, 0.1) is 0 Å². The lowest BCUT2D eigenvalue weighted by molar-refractivity contribution is 0.601. The summed E-state index contributed by atoms with van der Waals surface area (Å²) in [5.41, 5.74) is 44.1. The topological polar surface area (TPSA) is 13.1 Å². The van der Waals surface area contributed by atoms with Crippen LogP contribution in [0.3, 0.4) is 0 Å². The van der Waals surface area contributed by atoms with Gasteiger partial charge in [0.15, 0.2) is 0 Å². The van der Waals surface area contributed by atoms with E-state index in [1.165, 1.54) is 234 Å². The summed E-state index contributed by atoms with van der Waals surface area (Å²) in [7, 11) is 63.6. The zero-order valence-corrected chi connectivity index (χ0v) is 53.2. The molecule has 1 heterocycles. The Morgan fingerprint density at radius 2 is 0.570 bits per heavy atom. The molecule has 0 spiro atoms. The van der Waals surface area contributed by atoms with Gasteiger partial charge in [-0.15, -0.1) is 22.8 Å². The number of furan rings is 1. The van der Waals surface area contributed by atoms with Gasteiger partial charge in [-0.05, 0) is 103 Å². The predicted octanol–water partition coefficient (Wildman–Crippen LogP) is -31.7. The summed E-state index contributed by atoms with van der Waals surface area (Å²) < 4.78 is 7.27. The Balaban J connectivity index is 1.43. The highest BCUT2D eigenvalue weighted by Crippen LogP contribution is 2.40. The minimum absolute atomic E-state index is 0.829. The van der Waals surface area contributed by atoms with Crippen LogP contribution in [0.2, 0.25) is 0 Å². The van der Waals surface area contributed by atoms with Crippen molar-refractivity contribution in [1.29, 1.82) is 0 Å². The van der Waals surface area contributed by atoms with Crippen LogP contribution in [0.1, 0.15) is 16.9 Å². The highest BCUT2D eigenvalue weighted by Gasteiger charge is 2.33. The van der Waals surface area contributed by atoms with Crippen LogP contribution >= 0.6 is 0 Å². The molecule has 0 saturated heterocycles. The Morgan fingerprint density at radius 3 is 0.937 bits per heavy atom. The van der Waals surface area contributed by atoms with Gasteiger partial charge in [-0.1, -0.05) is 132 Å². The van der Waals surface area contributed by atoms with Crippen molar-refractivity contribution in [3.8, 4) is 34.6 Å². The molecule has 1 nitrogen and oxygen atoms in total. The van der Waals surface area contributed by atoms with Crippen molar-refractivity contribution >= 4 is 435 Å². The van der Waals surface area contributed by atoms with Crippen LogP contribution in [0.4, 0.5) is 0 Å². The molecular weight excluding hydrogens is 920 g/mol. The Bertz CT molecular complexity index is 4780. The molecule has 79 heavy (non-hydrogen) atoms. The molecule has 0 aliphatic rings. The molecule has 0 aliphatic carbocycles. The molecule has 348 valence electrons. The maximum Gasteiger partial charge on any atom is 0.145 e. The van der Waals surface area contributed by atoms with E-state index in [1.807, 2.05) is 0 Å². The quantitative estimate of drug-likeness (QED) is 0.0952. The minimum atomic E-state index is 0.829. The summed E-state index contributed by atoms with van der Waals surface area (Å²) in [5, 5.41) is 18.1. The van der Waals surface area contributed by atoms with Gasteiger partial charge in [0.2, 0.25) is 0 Å². The molecule has 0 fully saturated rings. The second-order valence-corrected chi connectivity index (χ2v) is 25.1. The van der Waals surface area contributed by atoms with Crippen LogP contribution in [-0.4, -0.2) is 212 Å². The van der Waals surface area contributed by atoms with E-state index in [0.717, 1.165) is 34.3 Å². The first kappa shape index (κ1) is 55.8. The Morgan fingerprint density at radius 1 is 0.291 bits per heavy atom. The lowest BCUT2D eigenvalue weighted by Gasteiger charge is -2.33. The predicted molar refractivity (Wildman–Crippen MR) is 442 cm³/mol. The summed E-state index contributed by atoms with van der Waals surface area (Å²) in [6.07, 6.45) is 8.02. The first-order chi connectivity index (χ1) is 37.1. The van der Waals surface area contributed by atoms with E-state index in [2.05, 4.69) is 218 Å². The molecule has 0 amide bonds. The summed E-state index contributed by atoms with van der Waals surface area (Å²) in [4.78, 5) is 0. The number of hydrogen-bond donors (Lipinski definition) is 0. The molecule has 0 bridgehead atoms. The lowest BCUT2D eigenvalue weighted by atomic mass is 9.55. The van der Waals surface area contributed by atoms with Gasteiger partial charge < -0.3 is 4.42 Å². The van der Waals surface area contributed by atoms with Gasteiger partial charge in [0.25, 0.3) is 0 Å². The second-order valence-electron chi connectivity index (χ2n) is 25.1. The van der Waals surface area contributed by atoms with E-state index < -0.39 is 0 Å². The van der Waals surface area contributed by atoms with Crippen molar-refractivity contribution in [1.82, 2.24) is 0 Å². The van der Waals surface area contributed by atoms with Crippen molar-refractivity contribution in [3.05, 3.63) is 16.9 Å². The molecule has 0 atom stereocenters. The lowest BCUT2D eigenvalue weighted by Crippen LogP contribution is -2.49. The summed E-state index contributed by atoms with van der Waals surface area (Å²) in [5.74, 6) is 4.38. The number of allylic oxidation sites excluding steroid dienone is 1. The molecular formula is C51H57B27O. The number of rotatable bonds is 5. The fraction of sp³-hybridized carbons (Fsp3) is 0.0196. The highest BCUT2D eigenvalue weighted by molar-refractivity contribution is 6.78. The Labute approximate surface area is 493 Å². The fourth-order valence-electron chi connectivity index (χ4n) is 16.3. The van der Waals surface area contributed by atoms with E-state index in [4.69, 9.17) is 10.8 Å². The van der Waals surface area contributed by atoms with Gasteiger partial charge in [-0.25, -0.2) is 0 Å². The highest BCUT2D eigenvalue weighted by atomic mass is 16.3. The van der Waals surface area contributed by atoms with E-state index in [1.54, 1.807) is 0 Å². The monoisotopic (exact) mass is 983 g/mol. The number of hydrogen-bond acceptors (Lipinski definition) is 1. The SMILES string of the molecule is BCc1c(/C(B)=C(\C#C)c2c(B)c(B)c(-c3c(B)c(B)c4c(B)c(B)c5c(B)c(B)c(B)c6c(B)c(B)c3c4c56)c(B)c2-c2c(B)c(B)c3c(B)c(B)c4c(B)c(B)c(B)c5c(B)c(B)c2c3c45)oc2c(B)c(B)c(B)c(B)c12. The van der Waals surface area contributed by atoms with Crippen LogP contribution in [0.15, 0.2) is 4.42 Å². The molecule has 0 saturated carbocycles. The number of benzene rings is 10. The minimum Gasteiger partial charge on any atom is -0.458 e. The average Bonchev–Trinajstić information content (AvgIpc) is 3.23. The summed E-state index contributed by atoms with van der Waals surface area (Å²) >= 11 is 0. The van der Waals surface area contributed by atoms with Gasteiger partial charge in [-0.2, -0.15) is 0 Å². The van der Waals surface area contributed by atoms with Crippen molar-refractivity contribution in [3.63, 3.8) is 0 Å². The van der Waals surface area contributed by atoms with Crippen LogP contribution in [0, 0.1) is 12.3 Å². The Hall–Kier alpha value is -5.13. The summed E-state index contributed by atoms with van der Waals surface area (Å²) in [6.45, 7) is 0. The largest absolute Gasteiger partial charge is 0.458 e. The standard InChI is InChI=1S/C51H57B27O/c1-2-4(24(53)50-5(3-52)7-27(56)47(76)48(77)49(78)51(7)79-50)6-12(15-13-8-10-19(34(63)28(13)57)41(70)45(74)43(72)21(10)38(67)36(65)17(8)32(61)30(15)59)25(54)23(40(69)26(6)55)16-14-9-11-20(35(64)29(14)58)42(71)46(75)44(73)22(11)39(68)37(66)18(9)33(62)31(16)60/h1H,3,52-78H2/b24-4-. The summed E-state index contributed by atoms with van der Waals surface area (Å²) in [6, 6.07) is 0. The van der Waals surface area contributed by atoms with Gasteiger partial charge >= 0.3 is 0 Å². The molecule has 0 radical (unpaired) electrons. The van der Waals surface area contributed by atoms with Crippen LogP contribution in [0.5, 0.6) is 0 Å². The maximum atomic E-state index is 7.27. The number of fused-ring (bicyclic) bond motifs is 1. The van der Waals surface area contributed by atoms with Crippen molar-refractivity contribution in [2.24, 2.45) is 0 Å². The first-order valence-corrected chi connectivity index (χ1v) is 29.3. The van der Waals surface area contributed by atoms with E-state index in [0.29, 0.717) is 0 Å². The Kier molecular flexibility index (Phi) is 13.2. The second kappa shape index (κ2) is 18.7. The van der Waals surface area contributed by atoms with E-state index >= 15 is 0 Å². The fourth-order valence-corrected chi connectivity index (χ4v) is 16.3.